The van der Waals surface area contributed by atoms with E-state index in [0.29, 0.717) is 0 Å². The Labute approximate surface area is 91.6 Å². The number of nitrogens with one attached hydrogen (secondary N) is 1. The SMILES string of the molecule is CC(NC(=O)c1ccncc1O)/C(N)=N/O. The molecule has 1 aromatic rings. The van der Waals surface area contributed by atoms with E-state index in [0.717, 1.165) is 6.20 Å². The summed E-state index contributed by atoms with van der Waals surface area (Å²) in [6.45, 7) is 1.55. The second-order valence-electron chi connectivity index (χ2n) is 3.11. The molecule has 0 spiro atoms. The summed E-state index contributed by atoms with van der Waals surface area (Å²) in [5, 5.41) is 23.0. The highest BCUT2D eigenvalue weighted by Gasteiger charge is 2.15. The van der Waals surface area contributed by atoms with Gasteiger partial charge in [0.2, 0.25) is 0 Å². The molecule has 1 rings (SSSR count). The molecule has 0 aliphatic heterocycles. The van der Waals surface area contributed by atoms with Crippen molar-refractivity contribution in [1.82, 2.24) is 10.3 Å². The normalized spacial score (nSPS) is 13.2. The molecule has 0 saturated heterocycles. The molecule has 1 amide bonds. The van der Waals surface area contributed by atoms with Crippen molar-refractivity contribution < 1.29 is 15.1 Å². The van der Waals surface area contributed by atoms with E-state index in [2.05, 4.69) is 15.5 Å². The minimum atomic E-state index is -0.634. The van der Waals surface area contributed by atoms with Gasteiger partial charge < -0.3 is 21.4 Å². The molecule has 1 atom stereocenters. The number of pyridine rings is 1. The number of amides is 1. The summed E-state index contributed by atoms with van der Waals surface area (Å²) in [7, 11) is 0. The first-order valence-electron chi connectivity index (χ1n) is 4.47. The average molecular weight is 224 g/mol. The summed E-state index contributed by atoms with van der Waals surface area (Å²) < 4.78 is 0. The lowest BCUT2D eigenvalue weighted by molar-refractivity contribution is 0.0946. The monoisotopic (exact) mass is 224 g/mol. The van der Waals surface area contributed by atoms with Crippen LogP contribution in [-0.2, 0) is 0 Å². The molecule has 16 heavy (non-hydrogen) atoms. The highest BCUT2D eigenvalue weighted by atomic mass is 16.4. The molecule has 1 aromatic heterocycles. The molecule has 0 aromatic carbocycles. The number of aromatic nitrogens is 1. The summed E-state index contributed by atoms with van der Waals surface area (Å²) in [6.07, 6.45) is 2.53. The van der Waals surface area contributed by atoms with E-state index in [1.165, 1.54) is 12.3 Å². The topological polar surface area (TPSA) is 121 Å². The number of rotatable bonds is 3. The first-order chi connectivity index (χ1) is 7.56. The molecule has 7 nitrogen and oxygen atoms in total. The zero-order valence-electron chi connectivity index (χ0n) is 8.58. The third-order valence-electron chi connectivity index (χ3n) is 1.95. The fourth-order valence-corrected chi connectivity index (χ4v) is 1.01. The van der Waals surface area contributed by atoms with E-state index in [-0.39, 0.29) is 17.1 Å². The molecule has 0 aliphatic rings. The Morgan fingerprint density at radius 2 is 2.38 bits per heavy atom. The van der Waals surface area contributed by atoms with Crippen LogP contribution in [0.25, 0.3) is 0 Å². The van der Waals surface area contributed by atoms with Crippen molar-refractivity contribution in [2.45, 2.75) is 13.0 Å². The maximum Gasteiger partial charge on any atom is 0.255 e. The van der Waals surface area contributed by atoms with E-state index in [9.17, 15) is 9.90 Å². The Morgan fingerprint density at radius 1 is 1.69 bits per heavy atom. The van der Waals surface area contributed by atoms with Crippen molar-refractivity contribution in [3.05, 3.63) is 24.0 Å². The zero-order chi connectivity index (χ0) is 12.1. The van der Waals surface area contributed by atoms with E-state index in [1.54, 1.807) is 6.92 Å². The van der Waals surface area contributed by atoms with Gasteiger partial charge in [0.15, 0.2) is 5.84 Å². The highest BCUT2D eigenvalue weighted by Crippen LogP contribution is 2.13. The van der Waals surface area contributed by atoms with Gasteiger partial charge in [0.05, 0.1) is 17.8 Å². The molecule has 0 fully saturated rings. The van der Waals surface area contributed by atoms with Crippen molar-refractivity contribution in [3.63, 3.8) is 0 Å². The molecule has 0 bridgehead atoms. The van der Waals surface area contributed by atoms with Crippen molar-refractivity contribution in [3.8, 4) is 5.75 Å². The van der Waals surface area contributed by atoms with Crippen LogP contribution in [0.15, 0.2) is 23.6 Å². The van der Waals surface area contributed by atoms with Gasteiger partial charge in [-0.05, 0) is 13.0 Å². The zero-order valence-corrected chi connectivity index (χ0v) is 8.58. The van der Waals surface area contributed by atoms with Gasteiger partial charge >= 0.3 is 0 Å². The lowest BCUT2D eigenvalue weighted by Crippen LogP contribution is -2.42. The van der Waals surface area contributed by atoms with Crippen molar-refractivity contribution in [2.75, 3.05) is 0 Å². The average Bonchev–Trinajstić information content (AvgIpc) is 2.28. The number of nitrogens with two attached hydrogens (primary N) is 1. The van der Waals surface area contributed by atoms with Crippen LogP contribution in [0.4, 0.5) is 0 Å². The summed E-state index contributed by atoms with van der Waals surface area (Å²) in [4.78, 5) is 15.2. The van der Waals surface area contributed by atoms with Gasteiger partial charge in [-0.25, -0.2) is 0 Å². The number of aromatic hydroxyl groups is 1. The molecular formula is C9H12N4O3. The molecule has 7 heteroatoms. The lowest BCUT2D eigenvalue weighted by atomic mass is 10.2. The Kier molecular flexibility index (Phi) is 3.65. The number of carbonyl (C=O) groups is 1. The molecule has 0 radical (unpaired) electrons. The Morgan fingerprint density at radius 3 is 2.94 bits per heavy atom. The van der Waals surface area contributed by atoms with Gasteiger partial charge in [-0.1, -0.05) is 5.16 Å². The van der Waals surface area contributed by atoms with E-state index in [1.807, 2.05) is 0 Å². The largest absolute Gasteiger partial charge is 0.505 e. The standard InChI is InChI=1S/C9H12N4O3/c1-5(8(10)13-16)12-9(15)6-2-3-11-4-7(6)14/h2-5,14,16H,1H3,(H2,10,13)(H,12,15). The third-order valence-corrected chi connectivity index (χ3v) is 1.95. The maximum absolute atomic E-state index is 11.6. The maximum atomic E-state index is 11.6. The molecule has 1 heterocycles. The van der Waals surface area contributed by atoms with E-state index >= 15 is 0 Å². The minimum absolute atomic E-state index is 0.0765. The van der Waals surface area contributed by atoms with Crippen LogP contribution in [0.5, 0.6) is 5.75 Å². The molecule has 86 valence electrons. The number of hydrogen-bond acceptors (Lipinski definition) is 5. The molecule has 5 N–H and O–H groups in total. The molecule has 0 saturated carbocycles. The van der Waals surface area contributed by atoms with Crippen LogP contribution < -0.4 is 11.1 Å². The summed E-state index contributed by atoms with van der Waals surface area (Å²) in [6, 6.07) is 0.731. The quantitative estimate of drug-likeness (QED) is 0.242. The number of oxime groups is 1. The fourth-order valence-electron chi connectivity index (χ4n) is 1.01. The smallest absolute Gasteiger partial charge is 0.255 e. The summed E-state index contributed by atoms with van der Waals surface area (Å²) >= 11 is 0. The summed E-state index contributed by atoms with van der Waals surface area (Å²) in [5.41, 5.74) is 5.37. The Balaban J connectivity index is 2.78. The fraction of sp³-hybridized carbons (Fsp3) is 0.222. The van der Waals surface area contributed by atoms with Gasteiger partial charge in [0, 0.05) is 6.20 Å². The van der Waals surface area contributed by atoms with Crippen molar-refractivity contribution in [2.24, 2.45) is 10.9 Å². The van der Waals surface area contributed by atoms with Gasteiger partial charge in [0.1, 0.15) is 5.75 Å². The third kappa shape index (κ3) is 2.59. The number of amidine groups is 1. The highest BCUT2D eigenvalue weighted by molar-refractivity contribution is 5.99. The van der Waals surface area contributed by atoms with E-state index in [4.69, 9.17) is 10.9 Å². The summed E-state index contributed by atoms with van der Waals surface area (Å²) in [5.74, 6) is -0.882. The molecule has 1 unspecified atom stereocenters. The first kappa shape index (κ1) is 11.8. The first-order valence-corrected chi connectivity index (χ1v) is 4.47. The minimum Gasteiger partial charge on any atom is -0.505 e. The van der Waals surface area contributed by atoms with Crippen LogP contribution in [0.2, 0.25) is 0 Å². The van der Waals surface area contributed by atoms with Crippen LogP contribution in [0.3, 0.4) is 0 Å². The second kappa shape index (κ2) is 4.96. The van der Waals surface area contributed by atoms with Crippen LogP contribution >= 0.6 is 0 Å². The van der Waals surface area contributed by atoms with Crippen molar-refractivity contribution >= 4 is 11.7 Å². The van der Waals surface area contributed by atoms with Crippen LogP contribution in [0.1, 0.15) is 17.3 Å². The van der Waals surface area contributed by atoms with Crippen LogP contribution in [0, 0.1) is 0 Å². The van der Waals surface area contributed by atoms with Gasteiger partial charge in [-0.2, -0.15) is 0 Å². The number of carbonyl (C=O) groups excluding carboxylic acids is 1. The van der Waals surface area contributed by atoms with Gasteiger partial charge in [0.25, 0.3) is 5.91 Å². The predicted molar refractivity (Wildman–Crippen MR) is 56.2 cm³/mol. The lowest BCUT2D eigenvalue weighted by Gasteiger charge is -2.12. The molecule has 0 aliphatic carbocycles. The Bertz CT molecular complexity index is 419. The van der Waals surface area contributed by atoms with Crippen molar-refractivity contribution in [1.29, 1.82) is 0 Å². The number of nitrogens with zero attached hydrogens (tertiary/aromatic N) is 2. The van der Waals surface area contributed by atoms with Gasteiger partial charge in [-0.3, -0.25) is 9.78 Å². The predicted octanol–water partition coefficient (Wildman–Crippen LogP) is -0.348. The van der Waals surface area contributed by atoms with E-state index < -0.39 is 11.9 Å². The Hall–Kier alpha value is -2.31. The second-order valence-corrected chi connectivity index (χ2v) is 3.11. The van der Waals surface area contributed by atoms with Gasteiger partial charge in [-0.15, -0.1) is 0 Å². The van der Waals surface area contributed by atoms with Crippen LogP contribution in [-0.4, -0.2) is 33.1 Å². The molecular weight excluding hydrogens is 212 g/mol. The number of hydrogen-bond donors (Lipinski definition) is 4.